The summed E-state index contributed by atoms with van der Waals surface area (Å²) in [5.41, 5.74) is 14.7. The number of para-hydroxylation sites is 5. The normalized spacial score (nSPS) is 12.2. The summed E-state index contributed by atoms with van der Waals surface area (Å²) in [6.07, 6.45) is 0. The number of rotatable bonds is 7. The van der Waals surface area contributed by atoms with Gasteiger partial charge in [0.25, 0.3) is 6.71 Å². The standard InChI is InChI=1S/C49H36BN3O/c1-35-31-46-49-48(32-35)54-47-34-42(52(38-21-11-4-12-22-38)39-23-13-5-14-24-39)28-30-44(47)50(49)43-29-27-41(33-45(43)53(46)40-25-15-6-16-26-40)51(36-17-7-2-8-18-36)37-19-9-3-10-20-37/h2-34H,1H3. The molecule has 0 fully saturated rings. The van der Waals surface area contributed by atoms with Crippen LogP contribution in [0.25, 0.3) is 0 Å². The molecule has 256 valence electrons. The number of fused-ring (bicyclic) bond motifs is 4. The highest BCUT2D eigenvalue weighted by molar-refractivity contribution is 6.99. The summed E-state index contributed by atoms with van der Waals surface area (Å²) >= 11 is 0. The Morgan fingerprint density at radius 2 is 0.870 bits per heavy atom. The van der Waals surface area contributed by atoms with Gasteiger partial charge in [-0.2, -0.15) is 0 Å². The van der Waals surface area contributed by atoms with E-state index in [9.17, 15) is 0 Å². The highest BCUT2D eigenvalue weighted by atomic mass is 16.5. The van der Waals surface area contributed by atoms with Crippen LogP contribution in [0.15, 0.2) is 200 Å². The van der Waals surface area contributed by atoms with Crippen LogP contribution in [-0.4, -0.2) is 6.71 Å². The average Bonchev–Trinajstić information content (AvgIpc) is 3.22. The zero-order valence-electron chi connectivity index (χ0n) is 29.9. The first-order chi connectivity index (χ1) is 26.7. The van der Waals surface area contributed by atoms with Crippen molar-refractivity contribution in [3.8, 4) is 11.5 Å². The maximum absolute atomic E-state index is 6.98. The fraction of sp³-hybridized carbons (Fsp3) is 0.0204. The molecule has 0 aromatic heterocycles. The highest BCUT2D eigenvalue weighted by Gasteiger charge is 2.42. The number of aryl methyl sites for hydroxylation is 1. The van der Waals surface area contributed by atoms with Crippen LogP contribution in [0.5, 0.6) is 11.5 Å². The van der Waals surface area contributed by atoms with Crippen molar-refractivity contribution in [3.05, 3.63) is 206 Å². The summed E-state index contributed by atoms with van der Waals surface area (Å²) in [5.74, 6) is 1.77. The molecule has 2 heterocycles. The first kappa shape index (κ1) is 31.7. The third-order valence-electron chi connectivity index (χ3n) is 10.5. The highest BCUT2D eigenvalue weighted by Crippen LogP contribution is 2.45. The van der Waals surface area contributed by atoms with Gasteiger partial charge in [-0.3, -0.25) is 0 Å². The van der Waals surface area contributed by atoms with Crippen molar-refractivity contribution in [2.45, 2.75) is 6.92 Å². The van der Waals surface area contributed by atoms with Crippen molar-refractivity contribution >= 4 is 74.3 Å². The molecular formula is C49H36BN3O. The van der Waals surface area contributed by atoms with Gasteiger partial charge < -0.3 is 19.4 Å². The lowest BCUT2D eigenvalue weighted by Crippen LogP contribution is -2.59. The molecule has 0 radical (unpaired) electrons. The molecule has 4 nitrogen and oxygen atoms in total. The number of hydrogen-bond donors (Lipinski definition) is 0. The molecule has 8 aromatic rings. The molecule has 10 rings (SSSR count). The minimum absolute atomic E-state index is 0.0267. The van der Waals surface area contributed by atoms with Gasteiger partial charge in [-0.25, -0.2) is 0 Å². The lowest BCUT2D eigenvalue weighted by molar-refractivity contribution is 0.487. The van der Waals surface area contributed by atoms with E-state index in [-0.39, 0.29) is 6.71 Å². The average molecular weight is 694 g/mol. The maximum atomic E-state index is 6.98. The Labute approximate surface area is 316 Å². The fourth-order valence-corrected chi connectivity index (χ4v) is 8.19. The number of hydrogen-bond acceptors (Lipinski definition) is 4. The third kappa shape index (κ3) is 5.41. The summed E-state index contributed by atoms with van der Waals surface area (Å²) < 4.78 is 6.98. The van der Waals surface area contributed by atoms with E-state index >= 15 is 0 Å². The van der Waals surface area contributed by atoms with Gasteiger partial charge in [0.15, 0.2) is 0 Å². The molecule has 0 saturated heterocycles. The Bertz CT molecular complexity index is 2520. The smallest absolute Gasteiger partial charge is 0.256 e. The second-order valence-electron chi connectivity index (χ2n) is 13.9. The zero-order chi connectivity index (χ0) is 36.0. The molecule has 2 aliphatic heterocycles. The molecule has 54 heavy (non-hydrogen) atoms. The second-order valence-corrected chi connectivity index (χ2v) is 13.9. The Morgan fingerprint density at radius 1 is 0.407 bits per heavy atom. The number of nitrogens with zero attached hydrogens (tertiary/aromatic N) is 3. The van der Waals surface area contributed by atoms with Gasteiger partial charge in [-0.05, 0) is 120 Å². The monoisotopic (exact) mass is 693 g/mol. The fourth-order valence-electron chi connectivity index (χ4n) is 8.19. The molecule has 0 N–H and O–H groups in total. The Morgan fingerprint density at radius 3 is 1.39 bits per heavy atom. The van der Waals surface area contributed by atoms with E-state index in [0.717, 1.165) is 73.7 Å². The van der Waals surface area contributed by atoms with Crippen molar-refractivity contribution in [2.24, 2.45) is 0 Å². The molecule has 0 amide bonds. The van der Waals surface area contributed by atoms with Crippen LogP contribution in [-0.2, 0) is 0 Å². The lowest BCUT2D eigenvalue weighted by atomic mass is 9.34. The molecule has 0 unspecified atom stereocenters. The number of benzene rings is 8. The summed E-state index contributed by atoms with van der Waals surface area (Å²) in [7, 11) is 0. The summed E-state index contributed by atoms with van der Waals surface area (Å²) in [6.45, 7) is 2.14. The molecular weight excluding hydrogens is 657 g/mol. The van der Waals surface area contributed by atoms with Gasteiger partial charge >= 0.3 is 0 Å². The molecule has 0 bridgehead atoms. The van der Waals surface area contributed by atoms with Gasteiger partial charge in [0, 0.05) is 57.3 Å². The number of ether oxygens (including phenoxy) is 1. The van der Waals surface area contributed by atoms with Crippen molar-refractivity contribution in [3.63, 3.8) is 0 Å². The summed E-state index contributed by atoms with van der Waals surface area (Å²) in [5, 5.41) is 0. The van der Waals surface area contributed by atoms with Crippen LogP contribution < -0.4 is 35.8 Å². The van der Waals surface area contributed by atoms with E-state index in [0.29, 0.717) is 0 Å². The van der Waals surface area contributed by atoms with Crippen LogP contribution >= 0.6 is 0 Å². The van der Waals surface area contributed by atoms with Crippen LogP contribution in [0, 0.1) is 6.92 Å². The molecule has 0 saturated carbocycles. The number of anilines is 9. The van der Waals surface area contributed by atoms with Crippen LogP contribution in [0.1, 0.15) is 5.56 Å². The van der Waals surface area contributed by atoms with Gasteiger partial charge in [0.1, 0.15) is 11.5 Å². The minimum atomic E-state index is -0.0267. The first-order valence-electron chi connectivity index (χ1n) is 18.5. The summed E-state index contributed by atoms with van der Waals surface area (Å²) in [6, 6.07) is 71.2. The van der Waals surface area contributed by atoms with Gasteiger partial charge in [-0.1, -0.05) is 103 Å². The van der Waals surface area contributed by atoms with Crippen molar-refractivity contribution in [1.29, 1.82) is 0 Å². The molecule has 5 heteroatoms. The van der Waals surface area contributed by atoms with Crippen LogP contribution in [0.2, 0.25) is 0 Å². The van der Waals surface area contributed by atoms with Gasteiger partial charge in [0.2, 0.25) is 0 Å². The topological polar surface area (TPSA) is 19.0 Å². The maximum Gasteiger partial charge on any atom is 0.256 e. The Hall–Kier alpha value is -6.98. The third-order valence-corrected chi connectivity index (χ3v) is 10.5. The van der Waals surface area contributed by atoms with Crippen LogP contribution in [0.3, 0.4) is 0 Å². The predicted molar refractivity (Wildman–Crippen MR) is 226 cm³/mol. The van der Waals surface area contributed by atoms with Crippen molar-refractivity contribution in [1.82, 2.24) is 0 Å². The Kier molecular flexibility index (Phi) is 7.77. The van der Waals surface area contributed by atoms with Crippen molar-refractivity contribution in [2.75, 3.05) is 14.7 Å². The second kappa shape index (κ2) is 13.2. The van der Waals surface area contributed by atoms with E-state index < -0.39 is 0 Å². The van der Waals surface area contributed by atoms with E-state index in [1.165, 1.54) is 10.9 Å². The minimum Gasteiger partial charge on any atom is -0.458 e. The largest absolute Gasteiger partial charge is 0.458 e. The van der Waals surface area contributed by atoms with Crippen LogP contribution in [0.4, 0.5) is 51.2 Å². The lowest BCUT2D eigenvalue weighted by Gasteiger charge is -2.41. The predicted octanol–water partition coefficient (Wildman–Crippen LogP) is 11.3. The first-order valence-corrected chi connectivity index (χ1v) is 18.5. The molecule has 2 aliphatic rings. The molecule has 0 spiro atoms. The SMILES string of the molecule is Cc1cc2c3c(c1)N(c1ccccc1)c1cc(N(c4ccccc4)c4ccccc4)ccc1B3c1ccc(N(c3ccccc3)c3ccccc3)cc1O2. The van der Waals surface area contributed by atoms with E-state index in [1.807, 2.05) is 0 Å². The van der Waals surface area contributed by atoms with E-state index in [2.05, 4.69) is 222 Å². The quantitative estimate of drug-likeness (QED) is 0.155. The van der Waals surface area contributed by atoms with E-state index in [4.69, 9.17) is 4.74 Å². The molecule has 0 atom stereocenters. The van der Waals surface area contributed by atoms with Crippen molar-refractivity contribution < 1.29 is 4.74 Å². The molecule has 8 aromatic carbocycles. The zero-order valence-corrected chi connectivity index (χ0v) is 29.9. The van der Waals surface area contributed by atoms with Gasteiger partial charge in [0.05, 0.1) is 0 Å². The molecule has 0 aliphatic carbocycles. The summed E-state index contributed by atoms with van der Waals surface area (Å²) in [4.78, 5) is 7.05. The Balaban J connectivity index is 1.18. The van der Waals surface area contributed by atoms with Gasteiger partial charge in [-0.15, -0.1) is 0 Å². The van der Waals surface area contributed by atoms with E-state index in [1.54, 1.807) is 0 Å².